The van der Waals surface area contributed by atoms with Gasteiger partial charge in [-0.05, 0) is 17.4 Å². The first-order valence-electron chi connectivity index (χ1n) is 3.70. The van der Waals surface area contributed by atoms with E-state index in [0.717, 1.165) is 16.6 Å². The quantitative estimate of drug-likeness (QED) is 0.704. The summed E-state index contributed by atoms with van der Waals surface area (Å²) in [5.74, 6) is 0. The Balaban J connectivity index is 2.80. The van der Waals surface area contributed by atoms with Crippen molar-refractivity contribution in [3.8, 4) is 0 Å². The Kier molecular flexibility index (Phi) is 1.98. The van der Waals surface area contributed by atoms with Crippen molar-refractivity contribution in [1.29, 1.82) is 0 Å². The van der Waals surface area contributed by atoms with Gasteiger partial charge in [-0.3, -0.25) is 0 Å². The molecule has 2 rings (SSSR count). The minimum atomic E-state index is 0.699. The molecule has 0 aliphatic heterocycles. The number of thiophene rings is 1. The molecule has 0 radical (unpaired) electrons. The summed E-state index contributed by atoms with van der Waals surface area (Å²) in [7, 11) is 0. The van der Waals surface area contributed by atoms with Crippen molar-refractivity contribution >= 4 is 33.2 Å². The van der Waals surface area contributed by atoms with E-state index in [4.69, 9.17) is 11.6 Å². The number of halogens is 1. The van der Waals surface area contributed by atoms with Crippen LogP contribution in [0.15, 0.2) is 11.6 Å². The first kappa shape index (κ1) is 7.95. The Morgan fingerprint density at radius 3 is 3.17 bits per heavy atom. The van der Waals surface area contributed by atoms with Crippen LogP contribution in [0.2, 0.25) is 5.02 Å². The largest absolute Gasteiger partial charge is 0.157 e. The molecule has 4 heteroatoms. The first-order valence-corrected chi connectivity index (χ1v) is 4.96. The van der Waals surface area contributed by atoms with Crippen molar-refractivity contribution in [1.82, 2.24) is 10.2 Å². The maximum Gasteiger partial charge on any atom is 0.108 e. The third kappa shape index (κ3) is 1.09. The molecule has 0 amide bonds. The predicted molar refractivity (Wildman–Crippen MR) is 51.8 cm³/mol. The predicted octanol–water partition coefficient (Wildman–Crippen LogP) is 2.91. The van der Waals surface area contributed by atoms with Gasteiger partial charge in [0.2, 0.25) is 0 Å². The molecular weight excluding hydrogens is 192 g/mol. The molecule has 2 aromatic heterocycles. The van der Waals surface area contributed by atoms with Gasteiger partial charge in [0.25, 0.3) is 0 Å². The van der Waals surface area contributed by atoms with E-state index in [2.05, 4.69) is 22.5 Å². The molecule has 0 saturated heterocycles. The van der Waals surface area contributed by atoms with E-state index in [1.54, 1.807) is 17.5 Å². The Bertz CT molecular complexity index is 410. The van der Waals surface area contributed by atoms with Crippen LogP contribution in [-0.2, 0) is 6.42 Å². The number of rotatable bonds is 1. The van der Waals surface area contributed by atoms with Crippen LogP contribution in [-0.4, -0.2) is 10.2 Å². The molecule has 12 heavy (non-hydrogen) atoms. The summed E-state index contributed by atoms with van der Waals surface area (Å²) in [6.07, 6.45) is 2.56. The monoisotopic (exact) mass is 198 g/mol. The van der Waals surface area contributed by atoms with E-state index in [-0.39, 0.29) is 0 Å². The van der Waals surface area contributed by atoms with Gasteiger partial charge in [0, 0.05) is 0 Å². The highest BCUT2D eigenvalue weighted by atomic mass is 35.5. The molecule has 0 N–H and O–H groups in total. The fraction of sp³-hybridized carbons (Fsp3) is 0.250. The fourth-order valence-corrected chi connectivity index (χ4v) is 2.37. The van der Waals surface area contributed by atoms with Gasteiger partial charge < -0.3 is 0 Å². The van der Waals surface area contributed by atoms with Crippen LogP contribution in [0.4, 0.5) is 0 Å². The van der Waals surface area contributed by atoms with Crippen LogP contribution >= 0.6 is 22.9 Å². The zero-order valence-corrected chi connectivity index (χ0v) is 8.11. The smallest absolute Gasteiger partial charge is 0.108 e. The van der Waals surface area contributed by atoms with Crippen LogP contribution in [0.3, 0.4) is 0 Å². The summed E-state index contributed by atoms with van der Waals surface area (Å²) >= 11 is 7.57. The van der Waals surface area contributed by atoms with Gasteiger partial charge in [-0.25, -0.2) is 0 Å². The minimum Gasteiger partial charge on any atom is -0.157 e. The summed E-state index contributed by atoms with van der Waals surface area (Å²) < 4.78 is 1.04. The van der Waals surface area contributed by atoms with Crippen LogP contribution in [0.25, 0.3) is 10.2 Å². The van der Waals surface area contributed by atoms with E-state index in [0.29, 0.717) is 5.02 Å². The average molecular weight is 199 g/mol. The highest BCUT2D eigenvalue weighted by Gasteiger charge is 2.06. The molecule has 0 spiro atoms. The van der Waals surface area contributed by atoms with Crippen LogP contribution < -0.4 is 0 Å². The van der Waals surface area contributed by atoms with Gasteiger partial charge in [0.05, 0.1) is 15.9 Å². The zero-order chi connectivity index (χ0) is 8.55. The normalized spacial score (nSPS) is 10.8. The number of aromatic nitrogens is 2. The molecule has 62 valence electrons. The Labute approximate surface area is 79.2 Å². The summed E-state index contributed by atoms with van der Waals surface area (Å²) in [6.45, 7) is 2.10. The van der Waals surface area contributed by atoms with Gasteiger partial charge >= 0.3 is 0 Å². The molecule has 0 fully saturated rings. The van der Waals surface area contributed by atoms with Crippen LogP contribution in [0.5, 0.6) is 0 Å². The van der Waals surface area contributed by atoms with Crippen molar-refractivity contribution in [3.63, 3.8) is 0 Å². The Morgan fingerprint density at radius 1 is 1.58 bits per heavy atom. The Morgan fingerprint density at radius 2 is 2.42 bits per heavy atom. The highest BCUT2D eigenvalue weighted by molar-refractivity contribution is 7.18. The van der Waals surface area contributed by atoms with Gasteiger partial charge in [-0.15, -0.1) is 16.4 Å². The molecular formula is C8H7ClN2S. The van der Waals surface area contributed by atoms with E-state index in [1.165, 1.54) is 5.56 Å². The molecule has 2 nitrogen and oxygen atoms in total. The third-order valence-corrected chi connectivity index (χ3v) is 3.21. The van der Waals surface area contributed by atoms with Gasteiger partial charge in [-0.2, -0.15) is 5.10 Å². The lowest BCUT2D eigenvalue weighted by Crippen LogP contribution is -1.83. The van der Waals surface area contributed by atoms with E-state index in [1.807, 2.05) is 0 Å². The standard InChI is InChI=1S/C8H7ClN2S/c1-2-5-4-12-8-6(9)3-10-11-7(5)8/h3-4H,2H2,1H3. The van der Waals surface area contributed by atoms with Crippen molar-refractivity contribution in [2.45, 2.75) is 13.3 Å². The van der Waals surface area contributed by atoms with E-state index in [9.17, 15) is 0 Å². The molecule has 0 bridgehead atoms. The molecule has 2 heterocycles. The topological polar surface area (TPSA) is 25.8 Å². The molecule has 2 aromatic rings. The van der Waals surface area contributed by atoms with Crippen molar-refractivity contribution in [2.24, 2.45) is 0 Å². The highest BCUT2D eigenvalue weighted by Crippen LogP contribution is 2.29. The second-order valence-electron chi connectivity index (χ2n) is 2.48. The lowest BCUT2D eigenvalue weighted by atomic mass is 10.2. The van der Waals surface area contributed by atoms with Crippen molar-refractivity contribution in [3.05, 3.63) is 22.2 Å². The minimum absolute atomic E-state index is 0.699. The van der Waals surface area contributed by atoms with Gasteiger partial charge in [0.1, 0.15) is 5.52 Å². The molecule has 0 atom stereocenters. The summed E-state index contributed by atoms with van der Waals surface area (Å²) in [5.41, 5.74) is 2.18. The van der Waals surface area contributed by atoms with Gasteiger partial charge in [0.15, 0.2) is 0 Å². The fourth-order valence-electron chi connectivity index (χ4n) is 1.11. The number of fused-ring (bicyclic) bond motifs is 1. The van der Waals surface area contributed by atoms with Crippen molar-refractivity contribution in [2.75, 3.05) is 0 Å². The number of nitrogens with zero attached hydrogens (tertiary/aromatic N) is 2. The number of hydrogen-bond donors (Lipinski definition) is 0. The molecule has 0 aliphatic carbocycles. The zero-order valence-electron chi connectivity index (χ0n) is 6.54. The summed E-state index contributed by atoms with van der Waals surface area (Å²) in [6, 6.07) is 0. The lowest BCUT2D eigenvalue weighted by Gasteiger charge is -1.92. The summed E-state index contributed by atoms with van der Waals surface area (Å²) in [4.78, 5) is 0. The molecule has 0 unspecified atom stereocenters. The second-order valence-corrected chi connectivity index (χ2v) is 3.77. The van der Waals surface area contributed by atoms with Crippen molar-refractivity contribution < 1.29 is 0 Å². The van der Waals surface area contributed by atoms with E-state index >= 15 is 0 Å². The van der Waals surface area contributed by atoms with Crippen LogP contribution in [0.1, 0.15) is 12.5 Å². The SMILES string of the molecule is CCc1csc2c(Cl)cnnc12. The van der Waals surface area contributed by atoms with Gasteiger partial charge in [-0.1, -0.05) is 18.5 Å². The third-order valence-electron chi connectivity index (χ3n) is 1.76. The lowest BCUT2D eigenvalue weighted by molar-refractivity contribution is 1.06. The van der Waals surface area contributed by atoms with E-state index < -0.39 is 0 Å². The average Bonchev–Trinajstić information content (AvgIpc) is 2.49. The molecule has 0 aliphatic rings. The first-order chi connectivity index (χ1) is 5.83. The maximum absolute atomic E-state index is 5.94. The summed E-state index contributed by atoms with van der Waals surface area (Å²) in [5, 5.41) is 10.7. The Hall–Kier alpha value is -0.670. The van der Waals surface area contributed by atoms with Crippen LogP contribution in [0, 0.1) is 0 Å². The molecule has 0 saturated carbocycles. The number of aryl methyl sites for hydroxylation is 1. The number of hydrogen-bond acceptors (Lipinski definition) is 3. The maximum atomic E-state index is 5.94. The second kappa shape index (κ2) is 2.99. The molecule has 0 aromatic carbocycles.